The van der Waals surface area contributed by atoms with Crippen molar-refractivity contribution >= 4 is 17.5 Å². The van der Waals surface area contributed by atoms with Crippen LogP contribution >= 0.6 is 0 Å². The van der Waals surface area contributed by atoms with Crippen molar-refractivity contribution in [3.63, 3.8) is 0 Å². The van der Waals surface area contributed by atoms with Crippen LogP contribution in [-0.4, -0.2) is 18.6 Å². The van der Waals surface area contributed by atoms with E-state index in [1.54, 1.807) is 26.0 Å². The average Bonchev–Trinajstić information content (AvgIpc) is 3.07. The van der Waals surface area contributed by atoms with Crippen LogP contribution in [0.5, 0.6) is 11.5 Å². The summed E-state index contributed by atoms with van der Waals surface area (Å²) in [4.78, 5) is 25.1. The third kappa shape index (κ3) is 3.79. The van der Waals surface area contributed by atoms with E-state index in [4.69, 9.17) is 9.47 Å². The number of carbonyl (C=O) groups is 2. The molecule has 0 aliphatic carbocycles. The van der Waals surface area contributed by atoms with E-state index in [0.29, 0.717) is 23.7 Å². The molecule has 26 heavy (non-hydrogen) atoms. The highest BCUT2D eigenvalue weighted by atomic mass is 16.7. The molecule has 6 nitrogen and oxygen atoms in total. The summed E-state index contributed by atoms with van der Waals surface area (Å²) in [5, 5.41) is 5.61. The Morgan fingerprint density at radius 1 is 1.04 bits per heavy atom. The number of rotatable bonds is 5. The van der Waals surface area contributed by atoms with Gasteiger partial charge in [-0.05, 0) is 56.2 Å². The normalized spacial score (nSPS) is 12.6. The summed E-state index contributed by atoms with van der Waals surface area (Å²) < 4.78 is 10.6. The molecule has 1 aliphatic rings. The SMILES string of the molecule is Cc1cccc(NC(=O)C(C)(C)C(=O)NCc2ccc3c(c2)OCO3)c1. The van der Waals surface area contributed by atoms with E-state index >= 15 is 0 Å². The highest BCUT2D eigenvalue weighted by molar-refractivity contribution is 6.09. The second-order valence-electron chi connectivity index (χ2n) is 6.82. The molecule has 3 rings (SSSR count). The van der Waals surface area contributed by atoms with E-state index in [1.807, 2.05) is 37.3 Å². The summed E-state index contributed by atoms with van der Waals surface area (Å²) in [6.07, 6.45) is 0. The molecule has 2 N–H and O–H groups in total. The molecule has 2 aromatic rings. The smallest absolute Gasteiger partial charge is 0.239 e. The number of amides is 2. The Kier molecular flexibility index (Phi) is 4.84. The average molecular weight is 354 g/mol. The predicted molar refractivity (Wildman–Crippen MR) is 98.0 cm³/mol. The zero-order valence-corrected chi connectivity index (χ0v) is 15.1. The highest BCUT2D eigenvalue weighted by Crippen LogP contribution is 2.32. The molecule has 2 amide bonds. The van der Waals surface area contributed by atoms with Crippen molar-refractivity contribution in [3.05, 3.63) is 53.6 Å². The largest absolute Gasteiger partial charge is 0.454 e. The monoisotopic (exact) mass is 354 g/mol. The molecule has 6 heteroatoms. The minimum absolute atomic E-state index is 0.206. The molecule has 1 heterocycles. The molecule has 0 saturated heterocycles. The summed E-state index contributed by atoms with van der Waals surface area (Å²) in [5.41, 5.74) is 1.37. The fourth-order valence-electron chi connectivity index (χ4n) is 2.57. The van der Waals surface area contributed by atoms with Gasteiger partial charge in [0.2, 0.25) is 18.6 Å². The topological polar surface area (TPSA) is 76.7 Å². The minimum Gasteiger partial charge on any atom is -0.454 e. The van der Waals surface area contributed by atoms with Gasteiger partial charge in [-0.2, -0.15) is 0 Å². The Morgan fingerprint density at radius 2 is 1.81 bits per heavy atom. The van der Waals surface area contributed by atoms with Crippen LogP contribution in [0.25, 0.3) is 0 Å². The maximum Gasteiger partial charge on any atom is 0.239 e. The lowest BCUT2D eigenvalue weighted by atomic mass is 9.90. The van der Waals surface area contributed by atoms with Gasteiger partial charge in [-0.3, -0.25) is 9.59 Å². The van der Waals surface area contributed by atoms with Crippen molar-refractivity contribution in [1.29, 1.82) is 0 Å². The van der Waals surface area contributed by atoms with Crippen LogP contribution in [0.2, 0.25) is 0 Å². The first-order valence-electron chi connectivity index (χ1n) is 8.41. The van der Waals surface area contributed by atoms with E-state index in [-0.39, 0.29) is 18.6 Å². The van der Waals surface area contributed by atoms with Gasteiger partial charge in [-0.1, -0.05) is 18.2 Å². The first kappa shape index (κ1) is 17.8. The fourth-order valence-corrected chi connectivity index (χ4v) is 2.57. The molecule has 0 bridgehead atoms. The number of anilines is 1. The lowest BCUT2D eigenvalue weighted by Crippen LogP contribution is -2.44. The molecule has 0 aromatic heterocycles. The summed E-state index contributed by atoms with van der Waals surface area (Å²) in [6.45, 7) is 5.66. The van der Waals surface area contributed by atoms with Gasteiger partial charge in [-0.15, -0.1) is 0 Å². The minimum atomic E-state index is -1.21. The predicted octanol–water partition coefficient (Wildman–Crippen LogP) is 3.00. The van der Waals surface area contributed by atoms with E-state index in [1.165, 1.54) is 0 Å². The van der Waals surface area contributed by atoms with Gasteiger partial charge in [0.05, 0.1) is 0 Å². The second kappa shape index (κ2) is 7.07. The van der Waals surface area contributed by atoms with Gasteiger partial charge in [-0.25, -0.2) is 0 Å². The van der Waals surface area contributed by atoms with Gasteiger partial charge in [0, 0.05) is 12.2 Å². The molecule has 0 atom stereocenters. The van der Waals surface area contributed by atoms with Crippen LogP contribution < -0.4 is 20.1 Å². The third-order valence-electron chi connectivity index (χ3n) is 4.30. The molecule has 0 fully saturated rings. The van der Waals surface area contributed by atoms with E-state index in [0.717, 1.165) is 11.1 Å². The van der Waals surface area contributed by atoms with Crippen molar-refractivity contribution < 1.29 is 19.1 Å². The second-order valence-corrected chi connectivity index (χ2v) is 6.82. The molecule has 0 unspecified atom stereocenters. The quantitative estimate of drug-likeness (QED) is 0.809. The van der Waals surface area contributed by atoms with Gasteiger partial charge >= 0.3 is 0 Å². The van der Waals surface area contributed by atoms with Gasteiger partial charge in [0.1, 0.15) is 5.41 Å². The number of benzene rings is 2. The molecule has 1 aliphatic heterocycles. The number of fused-ring (bicyclic) bond motifs is 1. The Balaban J connectivity index is 1.61. The van der Waals surface area contributed by atoms with Crippen molar-refractivity contribution in [2.24, 2.45) is 5.41 Å². The Bertz CT molecular complexity index is 845. The van der Waals surface area contributed by atoms with Crippen LogP contribution in [0.1, 0.15) is 25.0 Å². The molecule has 2 aromatic carbocycles. The molecular formula is C20H22N2O4. The maximum absolute atomic E-state index is 12.5. The standard InChI is InChI=1S/C20H22N2O4/c1-13-5-4-6-15(9-13)22-19(24)20(2,3)18(23)21-11-14-7-8-16-17(10-14)26-12-25-16/h4-10H,11-12H2,1-3H3,(H,21,23)(H,22,24). The van der Waals surface area contributed by atoms with Crippen LogP contribution in [-0.2, 0) is 16.1 Å². The van der Waals surface area contributed by atoms with Crippen molar-refractivity contribution in [2.75, 3.05) is 12.1 Å². The fraction of sp³-hybridized carbons (Fsp3) is 0.300. The first-order valence-corrected chi connectivity index (χ1v) is 8.41. The summed E-state index contributed by atoms with van der Waals surface area (Å²) in [5.74, 6) is 0.651. The van der Waals surface area contributed by atoms with Gasteiger partial charge < -0.3 is 20.1 Å². The Hall–Kier alpha value is -3.02. The van der Waals surface area contributed by atoms with E-state index in [9.17, 15) is 9.59 Å². The van der Waals surface area contributed by atoms with Crippen LogP contribution in [0, 0.1) is 12.3 Å². The maximum atomic E-state index is 12.5. The zero-order chi connectivity index (χ0) is 18.7. The van der Waals surface area contributed by atoms with Crippen LogP contribution in [0.4, 0.5) is 5.69 Å². The Morgan fingerprint density at radius 3 is 2.58 bits per heavy atom. The van der Waals surface area contributed by atoms with E-state index in [2.05, 4.69) is 10.6 Å². The van der Waals surface area contributed by atoms with Crippen molar-refractivity contribution in [2.45, 2.75) is 27.3 Å². The molecule has 0 radical (unpaired) electrons. The van der Waals surface area contributed by atoms with Crippen LogP contribution in [0.15, 0.2) is 42.5 Å². The Labute approximate surface area is 152 Å². The summed E-state index contributed by atoms with van der Waals surface area (Å²) >= 11 is 0. The summed E-state index contributed by atoms with van der Waals surface area (Å²) in [7, 11) is 0. The van der Waals surface area contributed by atoms with Crippen molar-refractivity contribution in [1.82, 2.24) is 5.32 Å². The summed E-state index contributed by atoms with van der Waals surface area (Å²) in [6, 6.07) is 12.9. The number of hydrogen-bond acceptors (Lipinski definition) is 4. The highest BCUT2D eigenvalue weighted by Gasteiger charge is 2.36. The lowest BCUT2D eigenvalue weighted by Gasteiger charge is -2.23. The lowest BCUT2D eigenvalue weighted by molar-refractivity contribution is -0.138. The number of carbonyl (C=O) groups excluding carboxylic acids is 2. The van der Waals surface area contributed by atoms with Gasteiger partial charge in [0.15, 0.2) is 11.5 Å². The van der Waals surface area contributed by atoms with E-state index < -0.39 is 5.41 Å². The zero-order valence-electron chi connectivity index (χ0n) is 15.1. The molecule has 0 spiro atoms. The third-order valence-corrected chi connectivity index (χ3v) is 4.30. The molecule has 136 valence electrons. The van der Waals surface area contributed by atoms with Crippen molar-refractivity contribution in [3.8, 4) is 11.5 Å². The number of nitrogens with one attached hydrogen (secondary N) is 2. The number of hydrogen-bond donors (Lipinski definition) is 2. The first-order chi connectivity index (χ1) is 12.4. The number of aryl methyl sites for hydroxylation is 1. The number of ether oxygens (including phenoxy) is 2. The van der Waals surface area contributed by atoms with Crippen LogP contribution in [0.3, 0.4) is 0 Å². The van der Waals surface area contributed by atoms with Gasteiger partial charge in [0.25, 0.3) is 0 Å². The molecule has 0 saturated carbocycles. The molecular weight excluding hydrogens is 332 g/mol.